The first-order valence-electron chi connectivity index (χ1n) is 7.50. The molecular weight excluding hydrogens is 332 g/mol. The van der Waals surface area contributed by atoms with Crippen LogP contribution in [0.2, 0.25) is 0 Å². The molecule has 1 heterocycles. The van der Waals surface area contributed by atoms with E-state index >= 15 is 0 Å². The van der Waals surface area contributed by atoms with Crippen LogP contribution in [-0.2, 0) is 10.0 Å². The molecule has 0 fully saturated rings. The van der Waals surface area contributed by atoms with Crippen LogP contribution in [-0.4, -0.2) is 33.7 Å². The zero-order valence-corrected chi connectivity index (χ0v) is 15.4. The third-order valence-corrected chi connectivity index (χ3v) is 6.00. The molecular formula is C16H22N2O3S2. The van der Waals surface area contributed by atoms with Crippen LogP contribution in [0.4, 0.5) is 5.69 Å². The van der Waals surface area contributed by atoms with Gasteiger partial charge in [0, 0.05) is 17.8 Å². The Kier molecular flexibility index (Phi) is 5.31. The lowest BCUT2D eigenvalue weighted by atomic mass is 10.2. The predicted octanol–water partition coefficient (Wildman–Crippen LogP) is 3.22. The average molecular weight is 354 g/mol. The lowest BCUT2D eigenvalue weighted by Gasteiger charge is -2.16. The largest absolute Gasteiger partial charge is 0.349 e. The Morgan fingerprint density at radius 3 is 2.65 bits per heavy atom. The van der Waals surface area contributed by atoms with Crippen molar-refractivity contribution in [2.45, 2.75) is 32.7 Å². The van der Waals surface area contributed by atoms with Crippen molar-refractivity contribution < 1.29 is 13.2 Å². The van der Waals surface area contributed by atoms with Gasteiger partial charge in [-0.2, -0.15) is 0 Å². The van der Waals surface area contributed by atoms with Crippen molar-refractivity contribution in [3.63, 3.8) is 0 Å². The molecule has 7 heteroatoms. The van der Waals surface area contributed by atoms with E-state index in [9.17, 15) is 13.2 Å². The summed E-state index contributed by atoms with van der Waals surface area (Å²) in [4.78, 5) is 12.9. The maximum absolute atomic E-state index is 12.3. The number of hydrogen-bond acceptors (Lipinski definition) is 4. The molecule has 5 nitrogen and oxygen atoms in total. The van der Waals surface area contributed by atoms with Gasteiger partial charge in [0.15, 0.2) is 0 Å². The van der Waals surface area contributed by atoms with Gasteiger partial charge in [-0.15, -0.1) is 11.3 Å². The molecule has 0 aliphatic heterocycles. The second-order valence-electron chi connectivity index (χ2n) is 5.73. The highest BCUT2D eigenvalue weighted by atomic mass is 32.2. The van der Waals surface area contributed by atoms with Crippen LogP contribution >= 0.6 is 11.3 Å². The fraction of sp³-hybridized carbons (Fsp3) is 0.438. The molecule has 23 heavy (non-hydrogen) atoms. The molecule has 0 unspecified atom stereocenters. The molecule has 126 valence electrons. The Hall–Kier alpha value is -1.60. The minimum absolute atomic E-state index is 0.0785. The van der Waals surface area contributed by atoms with Crippen LogP contribution in [0.3, 0.4) is 0 Å². The molecule has 0 aliphatic rings. The first-order valence-corrected chi connectivity index (χ1v) is 10.2. The molecule has 1 amide bonds. The van der Waals surface area contributed by atoms with E-state index in [1.165, 1.54) is 28.9 Å². The molecule has 0 bridgehead atoms. The summed E-state index contributed by atoms with van der Waals surface area (Å²) in [6.45, 7) is 4.08. The van der Waals surface area contributed by atoms with Gasteiger partial charge in [0.05, 0.1) is 16.8 Å². The number of nitrogens with zero attached hydrogens (tertiary/aromatic N) is 1. The molecule has 1 aromatic carbocycles. The zero-order valence-electron chi connectivity index (χ0n) is 13.8. The number of amides is 1. The topological polar surface area (TPSA) is 66.5 Å². The fourth-order valence-electron chi connectivity index (χ4n) is 2.33. The minimum Gasteiger partial charge on any atom is -0.349 e. The van der Waals surface area contributed by atoms with Crippen molar-refractivity contribution in [2.24, 2.45) is 0 Å². The van der Waals surface area contributed by atoms with Gasteiger partial charge in [-0.1, -0.05) is 13.3 Å². The van der Waals surface area contributed by atoms with Gasteiger partial charge in [-0.25, -0.2) is 8.42 Å². The van der Waals surface area contributed by atoms with Crippen LogP contribution in [0, 0.1) is 0 Å². The van der Waals surface area contributed by atoms with Gasteiger partial charge in [-0.3, -0.25) is 9.10 Å². The number of fused-ring (bicyclic) bond motifs is 1. The number of carbonyl (C=O) groups excluding carboxylic acids is 1. The molecule has 1 atom stereocenters. The molecule has 1 aromatic heterocycles. The predicted molar refractivity (Wildman–Crippen MR) is 96.9 cm³/mol. The number of sulfonamides is 1. The van der Waals surface area contributed by atoms with E-state index in [-0.39, 0.29) is 11.9 Å². The quantitative estimate of drug-likeness (QED) is 0.866. The van der Waals surface area contributed by atoms with E-state index in [1.807, 2.05) is 19.1 Å². The Labute approximate surface area is 141 Å². The smallest absolute Gasteiger partial charge is 0.261 e. The molecule has 0 radical (unpaired) electrons. The zero-order chi connectivity index (χ0) is 17.2. The van der Waals surface area contributed by atoms with Crippen molar-refractivity contribution in [1.82, 2.24) is 5.32 Å². The highest BCUT2D eigenvalue weighted by Gasteiger charge is 2.15. The van der Waals surface area contributed by atoms with E-state index in [2.05, 4.69) is 12.2 Å². The number of benzene rings is 1. The Morgan fingerprint density at radius 1 is 1.35 bits per heavy atom. The normalized spacial score (nSPS) is 13.0. The summed E-state index contributed by atoms with van der Waals surface area (Å²) in [7, 11) is -1.78. The van der Waals surface area contributed by atoms with Gasteiger partial charge in [0.25, 0.3) is 5.91 Å². The Morgan fingerprint density at radius 2 is 2.04 bits per heavy atom. The van der Waals surface area contributed by atoms with Gasteiger partial charge < -0.3 is 5.32 Å². The molecule has 2 aromatic rings. The van der Waals surface area contributed by atoms with Crippen LogP contribution in [0.15, 0.2) is 24.3 Å². The van der Waals surface area contributed by atoms with Gasteiger partial charge >= 0.3 is 0 Å². The molecule has 0 saturated heterocycles. The van der Waals surface area contributed by atoms with E-state index in [0.717, 1.165) is 22.9 Å². The van der Waals surface area contributed by atoms with Gasteiger partial charge in [-0.05, 0) is 43.0 Å². The standard InChI is InChI=1S/C16H22N2O3S2/c1-5-6-11(2)17-16(19)15-10-12-9-13(7-8-14(12)22-15)18(3)23(4,20)21/h7-11H,5-6H2,1-4H3,(H,17,19)/t11-/m1/s1. The summed E-state index contributed by atoms with van der Waals surface area (Å²) < 4.78 is 25.4. The van der Waals surface area contributed by atoms with E-state index in [0.29, 0.717) is 10.6 Å². The van der Waals surface area contributed by atoms with E-state index in [1.54, 1.807) is 12.1 Å². The van der Waals surface area contributed by atoms with Crippen LogP contribution in [0.1, 0.15) is 36.4 Å². The highest BCUT2D eigenvalue weighted by molar-refractivity contribution is 7.92. The lowest BCUT2D eigenvalue weighted by molar-refractivity contribution is 0.0942. The lowest BCUT2D eigenvalue weighted by Crippen LogP contribution is -2.31. The van der Waals surface area contributed by atoms with Crippen LogP contribution in [0.5, 0.6) is 0 Å². The summed E-state index contributed by atoms with van der Waals surface area (Å²) in [5.74, 6) is -0.0785. The summed E-state index contributed by atoms with van der Waals surface area (Å²) in [6, 6.07) is 7.35. The monoisotopic (exact) mass is 354 g/mol. The van der Waals surface area contributed by atoms with Crippen molar-refractivity contribution in [3.05, 3.63) is 29.1 Å². The summed E-state index contributed by atoms with van der Waals surface area (Å²) in [6.07, 6.45) is 3.13. The second-order valence-corrected chi connectivity index (χ2v) is 8.82. The number of rotatable bonds is 6. The first kappa shape index (κ1) is 17.7. The van der Waals surface area contributed by atoms with Crippen molar-refractivity contribution in [2.75, 3.05) is 17.6 Å². The third kappa shape index (κ3) is 4.23. The van der Waals surface area contributed by atoms with Gasteiger partial charge in [0.2, 0.25) is 10.0 Å². The molecule has 1 N–H and O–H groups in total. The maximum Gasteiger partial charge on any atom is 0.261 e. The average Bonchev–Trinajstić information content (AvgIpc) is 2.88. The first-order chi connectivity index (χ1) is 10.7. The van der Waals surface area contributed by atoms with E-state index in [4.69, 9.17) is 0 Å². The Balaban J connectivity index is 2.27. The number of hydrogen-bond donors (Lipinski definition) is 1. The highest BCUT2D eigenvalue weighted by Crippen LogP contribution is 2.30. The number of nitrogens with one attached hydrogen (secondary N) is 1. The summed E-state index contributed by atoms with van der Waals surface area (Å²) in [5, 5.41) is 3.86. The van der Waals surface area contributed by atoms with Crippen LogP contribution < -0.4 is 9.62 Å². The van der Waals surface area contributed by atoms with Crippen LogP contribution in [0.25, 0.3) is 10.1 Å². The maximum atomic E-state index is 12.3. The Bertz CT molecular complexity index is 812. The molecule has 0 spiro atoms. The summed E-state index contributed by atoms with van der Waals surface area (Å²) >= 11 is 1.41. The SMILES string of the molecule is CCC[C@@H](C)NC(=O)c1cc2cc(N(C)S(C)(=O)=O)ccc2s1. The molecule has 0 saturated carbocycles. The van der Waals surface area contributed by atoms with Gasteiger partial charge in [0.1, 0.15) is 0 Å². The van der Waals surface area contributed by atoms with Crippen molar-refractivity contribution in [3.8, 4) is 0 Å². The van der Waals surface area contributed by atoms with E-state index < -0.39 is 10.0 Å². The fourth-order valence-corrected chi connectivity index (χ4v) is 3.77. The number of anilines is 1. The van der Waals surface area contributed by atoms with Crippen molar-refractivity contribution in [1.29, 1.82) is 0 Å². The number of thiophene rings is 1. The third-order valence-electron chi connectivity index (χ3n) is 3.68. The molecule has 2 rings (SSSR count). The number of carbonyl (C=O) groups is 1. The summed E-state index contributed by atoms with van der Waals surface area (Å²) in [5.41, 5.74) is 0.587. The molecule has 0 aliphatic carbocycles. The minimum atomic E-state index is -3.30. The second kappa shape index (κ2) is 6.88. The van der Waals surface area contributed by atoms with Crippen molar-refractivity contribution >= 4 is 43.0 Å².